The van der Waals surface area contributed by atoms with Gasteiger partial charge in [0.15, 0.2) is 0 Å². The van der Waals surface area contributed by atoms with Crippen molar-refractivity contribution >= 4 is 5.91 Å². The molecule has 0 bridgehead atoms. The summed E-state index contributed by atoms with van der Waals surface area (Å²) in [4.78, 5) is 18.6. The maximum atomic E-state index is 12.1. The lowest BCUT2D eigenvalue weighted by Gasteiger charge is -2.32. The van der Waals surface area contributed by atoms with Gasteiger partial charge in [-0.2, -0.15) is 0 Å². The number of likely N-dealkylation sites (tertiary alicyclic amines) is 1. The molecule has 0 spiro atoms. The molecule has 1 amide bonds. The minimum absolute atomic E-state index is 0.148. The van der Waals surface area contributed by atoms with Crippen LogP contribution in [-0.2, 0) is 11.2 Å². The lowest BCUT2D eigenvalue weighted by atomic mass is 10.0. The molecule has 0 radical (unpaired) electrons. The van der Waals surface area contributed by atoms with E-state index in [-0.39, 0.29) is 11.8 Å². The first-order valence-corrected chi connectivity index (χ1v) is 8.60. The Morgan fingerprint density at radius 3 is 2.68 bits per heavy atom. The van der Waals surface area contributed by atoms with Crippen molar-refractivity contribution in [3.05, 3.63) is 30.1 Å². The maximum Gasteiger partial charge on any atom is 0.223 e. The van der Waals surface area contributed by atoms with Crippen molar-refractivity contribution in [3.63, 3.8) is 0 Å². The molecule has 1 N–H and O–H groups in total. The van der Waals surface area contributed by atoms with Gasteiger partial charge in [-0.15, -0.1) is 0 Å². The van der Waals surface area contributed by atoms with Crippen LogP contribution >= 0.6 is 0 Å². The van der Waals surface area contributed by atoms with E-state index in [1.165, 1.54) is 5.56 Å². The molecule has 2 rings (SSSR count). The van der Waals surface area contributed by atoms with Crippen molar-refractivity contribution in [2.24, 2.45) is 5.92 Å². The van der Waals surface area contributed by atoms with E-state index >= 15 is 0 Å². The largest absolute Gasteiger partial charge is 0.353 e. The number of rotatable bonds is 7. The summed E-state index contributed by atoms with van der Waals surface area (Å²) in [5.74, 6) is 0.381. The molecule has 22 heavy (non-hydrogen) atoms. The van der Waals surface area contributed by atoms with Crippen molar-refractivity contribution in [2.75, 3.05) is 19.6 Å². The number of carbonyl (C=O) groups is 1. The molecule has 122 valence electrons. The van der Waals surface area contributed by atoms with E-state index in [0.29, 0.717) is 6.04 Å². The molecule has 0 saturated carbocycles. The van der Waals surface area contributed by atoms with E-state index in [4.69, 9.17) is 0 Å². The molecule has 1 aliphatic heterocycles. The molecule has 2 heterocycles. The van der Waals surface area contributed by atoms with E-state index < -0.39 is 0 Å². The van der Waals surface area contributed by atoms with E-state index in [9.17, 15) is 4.79 Å². The van der Waals surface area contributed by atoms with Crippen LogP contribution in [0.25, 0.3) is 0 Å². The number of carbonyl (C=O) groups excluding carboxylic acids is 1. The first kappa shape index (κ1) is 16.9. The van der Waals surface area contributed by atoms with Gasteiger partial charge < -0.3 is 10.2 Å². The molecule has 1 aromatic rings. The molecular formula is C18H29N3O. The van der Waals surface area contributed by atoms with Gasteiger partial charge in [-0.25, -0.2) is 0 Å². The lowest BCUT2D eigenvalue weighted by molar-refractivity contribution is -0.125. The minimum atomic E-state index is 0.148. The molecule has 4 heteroatoms. The fourth-order valence-electron chi connectivity index (χ4n) is 3.05. The van der Waals surface area contributed by atoms with Gasteiger partial charge in [-0.1, -0.05) is 20.3 Å². The quantitative estimate of drug-likeness (QED) is 0.842. The number of nitrogens with one attached hydrogen (secondary N) is 1. The number of pyridine rings is 1. The van der Waals surface area contributed by atoms with Crippen LogP contribution in [0.4, 0.5) is 0 Å². The van der Waals surface area contributed by atoms with Gasteiger partial charge in [-0.3, -0.25) is 9.78 Å². The molecule has 0 unspecified atom stereocenters. The van der Waals surface area contributed by atoms with Crippen LogP contribution in [0.2, 0.25) is 0 Å². The average Bonchev–Trinajstić information content (AvgIpc) is 2.55. The molecule has 4 nitrogen and oxygen atoms in total. The van der Waals surface area contributed by atoms with Crippen LogP contribution in [-0.4, -0.2) is 41.5 Å². The van der Waals surface area contributed by atoms with Gasteiger partial charge >= 0.3 is 0 Å². The second-order valence-corrected chi connectivity index (χ2v) is 6.42. The third kappa shape index (κ3) is 5.41. The second kappa shape index (κ2) is 8.89. The van der Waals surface area contributed by atoms with Gasteiger partial charge in [0.25, 0.3) is 0 Å². The Hall–Kier alpha value is -1.42. The van der Waals surface area contributed by atoms with Crippen molar-refractivity contribution in [2.45, 2.75) is 52.0 Å². The minimum Gasteiger partial charge on any atom is -0.353 e. The highest BCUT2D eigenvalue weighted by atomic mass is 16.1. The first-order valence-electron chi connectivity index (χ1n) is 8.60. The number of amides is 1. The first-order chi connectivity index (χ1) is 10.7. The maximum absolute atomic E-state index is 12.1. The van der Waals surface area contributed by atoms with Crippen molar-refractivity contribution in [3.8, 4) is 0 Å². The monoisotopic (exact) mass is 303 g/mol. The topological polar surface area (TPSA) is 45.2 Å². The van der Waals surface area contributed by atoms with Crippen LogP contribution in [0.5, 0.6) is 0 Å². The molecule has 1 fully saturated rings. The predicted molar refractivity (Wildman–Crippen MR) is 89.6 cm³/mol. The Morgan fingerprint density at radius 2 is 2.05 bits per heavy atom. The fourth-order valence-corrected chi connectivity index (χ4v) is 3.05. The summed E-state index contributed by atoms with van der Waals surface area (Å²) in [6.07, 6.45) is 8.98. The highest BCUT2D eigenvalue weighted by molar-refractivity contribution is 5.78. The molecular weight excluding hydrogens is 274 g/mol. The van der Waals surface area contributed by atoms with E-state index in [2.05, 4.69) is 34.3 Å². The van der Waals surface area contributed by atoms with E-state index in [1.807, 2.05) is 19.3 Å². The Kier molecular flexibility index (Phi) is 6.84. The number of aromatic nitrogens is 1. The van der Waals surface area contributed by atoms with Crippen LogP contribution in [0.3, 0.4) is 0 Å². The summed E-state index contributed by atoms with van der Waals surface area (Å²) >= 11 is 0. The Balaban J connectivity index is 1.66. The number of piperidine rings is 1. The summed E-state index contributed by atoms with van der Waals surface area (Å²) in [6.45, 7) is 7.42. The SMILES string of the molecule is CCC[C@H](C)C(=O)NC1CCN(CCc2ccncc2)CC1. The number of hydrogen-bond acceptors (Lipinski definition) is 3. The third-order valence-electron chi connectivity index (χ3n) is 4.57. The zero-order chi connectivity index (χ0) is 15.8. The molecule has 1 aliphatic rings. The molecule has 1 atom stereocenters. The Labute approximate surface area is 134 Å². The summed E-state index contributed by atoms with van der Waals surface area (Å²) in [6, 6.07) is 4.54. The Bertz CT molecular complexity index is 441. The average molecular weight is 303 g/mol. The standard InChI is InChI=1S/C18H29N3O/c1-3-4-15(2)18(22)20-17-8-13-21(14-9-17)12-7-16-5-10-19-11-6-16/h5-6,10-11,15,17H,3-4,7-9,12-14H2,1-2H3,(H,20,22)/t15-/m0/s1. The molecule has 0 aromatic carbocycles. The van der Waals surface area contributed by atoms with Crippen LogP contribution < -0.4 is 5.32 Å². The number of hydrogen-bond donors (Lipinski definition) is 1. The Morgan fingerprint density at radius 1 is 1.36 bits per heavy atom. The summed E-state index contributed by atoms with van der Waals surface area (Å²) < 4.78 is 0. The van der Waals surface area contributed by atoms with Crippen LogP contribution in [0.1, 0.15) is 45.1 Å². The fraction of sp³-hybridized carbons (Fsp3) is 0.667. The van der Waals surface area contributed by atoms with Gasteiger partial charge in [0, 0.05) is 44.0 Å². The predicted octanol–water partition coefficient (Wildman–Crippen LogP) is 2.64. The van der Waals surface area contributed by atoms with Crippen LogP contribution in [0.15, 0.2) is 24.5 Å². The van der Waals surface area contributed by atoms with E-state index in [0.717, 1.165) is 51.7 Å². The summed E-state index contributed by atoms with van der Waals surface area (Å²) in [5, 5.41) is 3.22. The zero-order valence-corrected chi connectivity index (χ0v) is 13.9. The smallest absolute Gasteiger partial charge is 0.223 e. The van der Waals surface area contributed by atoms with Crippen LogP contribution in [0, 0.1) is 5.92 Å². The van der Waals surface area contributed by atoms with E-state index in [1.54, 1.807) is 0 Å². The van der Waals surface area contributed by atoms with Crippen molar-refractivity contribution in [1.82, 2.24) is 15.2 Å². The third-order valence-corrected chi connectivity index (χ3v) is 4.57. The van der Waals surface area contributed by atoms with Crippen molar-refractivity contribution < 1.29 is 4.79 Å². The molecule has 0 aliphatic carbocycles. The van der Waals surface area contributed by atoms with Gasteiger partial charge in [0.05, 0.1) is 0 Å². The molecule has 1 aromatic heterocycles. The van der Waals surface area contributed by atoms with Gasteiger partial charge in [-0.05, 0) is 43.4 Å². The highest BCUT2D eigenvalue weighted by Crippen LogP contribution is 2.13. The second-order valence-electron chi connectivity index (χ2n) is 6.42. The van der Waals surface area contributed by atoms with Gasteiger partial charge in [0.2, 0.25) is 5.91 Å². The normalized spacial score (nSPS) is 18.1. The zero-order valence-electron chi connectivity index (χ0n) is 13.9. The summed E-state index contributed by atoms with van der Waals surface area (Å²) in [5.41, 5.74) is 1.35. The highest BCUT2D eigenvalue weighted by Gasteiger charge is 2.22. The van der Waals surface area contributed by atoms with Gasteiger partial charge in [0.1, 0.15) is 0 Å². The number of nitrogens with zero attached hydrogens (tertiary/aromatic N) is 2. The van der Waals surface area contributed by atoms with Crippen molar-refractivity contribution in [1.29, 1.82) is 0 Å². The summed E-state index contributed by atoms with van der Waals surface area (Å²) in [7, 11) is 0. The molecule has 1 saturated heterocycles. The lowest BCUT2D eigenvalue weighted by Crippen LogP contribution is -2.46.